The molecule has 18 heavy (non-hydrogen) atoms. The Morgan fingerprint density at radius 3 is 2.44 bits per heavy atom. The van der Waals surface area contributed by atoms with Gasteiger partial charge in [-0.3, -0.25) is 0 Å². The molecular formula is C16H22O2. The Morgan fingerprint density at radius 2 is 1.83 bits per heavy atom. The van der Waals surface area contributed by atoms with Gasteiger partial charge in [0.25, 0.3) is 0 Å². The summed E-state index contributed by atoms with van der Waals surface area (Å²) >= 11 is 0. The minimum absolute atomic E-state index is 0.0457. The standard InChI is InChI=1S/C16H22O2/c1-14-7-9-16(12-17,10-8-14)13-18-11-15-5-3-2-4-6-15/h2-6,17H,1,7-13H2. The van der Waals surface area contributed by atoms with Crippen LogP contribution in [0, 0.1) is 5.41 Å². The molecule has 0 bridgehead atoms. The van der Waals surface area contributed by atoms with Gasteiger partial charge < -0.3 is 9.84 Å². The molecule has 2 rings (SSSR count). The Kier molecular flexibility index (Phi) is 4.56. The van der Waals surface area contributed by atoms with Gasteiger partial charge in [-0.05, 0) is 31.2 Å². The number of aliphatic hydroxyl groups is 1. The second-order valence-electron chi connectivity index (χ2n) is 5.39. The number of hydrogen-bond donors (Lipinski definition) is 1. The molecule has 0 radical (unpaired) electrons. The monoisotopic (exact) mass is 246 g/mol. The third kappa shape index (κ3) is 3.44. The number of ether oxygens (including phenoxy) is 1. The Bertz CT molecular complexity index is 373. The summed E-state index contributed by atoms with van der Waals surface area (Å²) in [5.41, 5.74) is 2.45. The van der Waals surface area contributed by atoms with Crippen LogP contribution in [0.3, 0.4) is 0 Å². The largest absolute Gasteiger partial charge is 0.396 e. The summed E-state index contributed by atoms with van der Waals surface area (Å²) in [6, 6.07) is 10.2. The second-order valence-corrected chi connectivity index (χ2v) is 5.39. The minimum atomic E-state index is -0.0457. The smallest absolute Gasteiger partial charge is 0.0717 e. The highest BCUT2D eigenvalue weighted by molar-refractivity contribution is 5.13. The molecule has 1 saturated carbocycles. The van der Waals surface area contributed by atoms with Crippen LogP contribution in [0.1, 0.15) is 31.2 Å². The lowest BCUT2D eigenvalue weighted by atomic mass is 9.74. The van der Waals surface area contributed by atoms with Crippen molar-refractivity contribution in [1.82, 2.24) is 0 Å². The first kappa shape index (κ1) is 13.3. The van der Waals surface area contributed by atoms with E-state index in [1.807, 2.05) is 18.2 Å². The zero-order valence-corrected chi connectivity index (χ0v) is 10.9. The van der Waals surface area contributed by atoms with E-state index in [2.05, 4.69) is 18.7 Å². The van der Waals surface area contributed by atoms with Crippen molar-refractivity contribution in [2.24, 2.45) is 5.41 Å². The Hall–Kier alpha value is -1.12. The molecule has 1 fully saturated rings. The number of rotatable bonds is 5. The topological polar surface area (TPSA) is 29.5 Å². The summed E-state index contributed by atoms with van der Waals surface area (Å²) in [5, 5.41) is 9.62. The van der Waals surface area contributed by atoms with Crippen LogP contribution >= 0.6 is 0 Å². The van der Waals surface area contributed by atoms with Gasteiger partial charge in [0.15, 0.2) is 0 Å². The number of aliphatic hydroxyl groups excluding tert-OH is 1. The third-order valence-corrected chi connectivity index (χ3v) is 3.87. The molecule has 0 atom stereocenters. The first-order valence-corrected chi connectivity index (χ1v) is 6.63. The van der Waals surface area contributed by atoms with Gasteiger partial charge in [0, 0.05) is 5.41 Å². The van der Waals surface area contributed by atoms with Crippen molar-refractivity contribution in [1.29, 1.82) is 0 Å². The van der Waals surface area contributed by atoms with Gasteiger partial charge in [-0.1, -0.05) is 42.5 Å². The lowest BCUT2D eigenvalue weighted by Crippen LogP contribution is -2.33. The van der Waals surface area contributed by atoms with Gasteiger partial charge in [0.1, 0.15) is 0 Å². The number of allylic oxidation sites excluding steroid dienone is 1. The third-order valence-electron chi connectivity index (χ3n) is 3.87. The van der Waals surface area contributed by atoms with Crippen LogP contribution in [0.25, 0.3) is 0 Å². The van der Waals surface area contributed by atoms with E-state index in [-0.39, 0.29) is 12.0 Å². The predicted octanol–water partition coefficient (Wildman–Crippen LogP) is 3.31. The van der Waals surface area contributed by atoms with Crippen LogP contribution in [-0.2, 0) is 11.3 Å². The summed E-state index contributed by atoms with van der Waals surface area (Å²) in [4.78, 5) is 0. The first-order chi connectivity index (χ1) is 8.74. The Balaban J connectivity index is 1.82. The zero-order valence-electron chi connectivity index (χ0n) is 10.9. The fourth-order valence-electron chi connectivity index (χ4n) is 2.44. The van der Waals surface area contributed by atoms with Crippen molar-refractivity contribution in [2.75, 3.05) is 13.2 Å². The van der Waals surface area contributed by atoms with Gasteiger partial charge in [-0.2, -0.15) is 0 Å². The minimum Gasteiger partial charge on any atom is -0.396 e. The lowest BCUT2D eigenvalue weighted by Gasteiger charge is -2.36. The molecule has 2 heteroatoms. The summed E-state index contributed by atoms with van der Waals surface area (Å²) in [6.45, 7) is 5.51. The Labute approximate surface area is 109 Å². The van der Waals surface area contributed by atoms with Crippen molar-refractivity contribution < 1.29 is 9.84 Å². The number of hydrogen-bond acceptors (Lipinski definition) is 2. The maximum absolute atomic E-state index is 9.62. The van der Waals surface area contributed by atoms with E-state index in [0.29, 0.717) is 13.2 Å². The first-order valence-electron chi connectivity index (χ1n) is 6.63. The molecule has 1 aliphatic rings. The molecule has 0 aliphatic heterocycles. The highest BCUT2D eigenvalue weighted by Crippen LogP contribution is 2.38. The fourth-order valence-corrected chi connectivity index (χ4v) is 2.44. The Morgan fingerprint density at radius 1 is 1.17 bits per heavy atom. The fraction of sp³-hybridized carbons (Fsp3) is 0.500. The molecule has 0 aromatic heterocycles. The van der Waals surface area contributed by atoms with Crippen LogP contribution in [0.4, 0.5) is 0 Å². The van der Waals surface area contributed by atoms with Crippen molar-refractivity contribution in [3.8, 4) is 0 Å². The maximum atomic E-state index is 9.62. The van der Waals surface area contributed by atoms with Crippen molar-refractivity contribution in [2.45, 2.75) is 32.3 Å². The quantitative estimate of drug-likeness (QED) is 0.808. The van der Waals surface area contributed by atoms with Crippen molar-refractivity contribution in [3.63, 3.8) is 0 Å². The van der Waals surface area contributed by atoms with E-state index in [4.69, 9.17) is 4.74 Å². The molecule has 0 unspecified atom stereocenters. The second kappa shape index (κ2) is 6.17. The molecule has 0 saturated heterocycles. The molecule has 1 aliphatic carbocycles. The molecule has 98 valence electrons. The van der Waals surface area contributed by atoms with Gasteiger partial charge in [-0.15, -0.1) is 0 Å². The van der Waals surface area contributed by atoms with Gasteiger partial charge >= 0.3 is 0 Å². The SMILES string of the molecule is C=C1CCC(CO)(COCc2ccccc2)CC1. The predicted molar refractivity (Wildman–Crippen MR) is 73.2 cm³/mol. The molecular weight excluding hydrogens is 224 g/mol. The van der Waals surface area contributed by atoms with Crippen LogP contribution in [0.5, 0.6) is 0 Å². The van der Waals surface area contributed by atoms with Crippen LogP contribution in [0.2, 0.25) is 0 Å². The highest BCUT2D eigenvalue weighted by atomic mass is 16.5. The summed E-state index contributed by atoms with van der Waals surface area (Å²) in [7, 11) is 0. The van der Waals surface area contributed by atoms with Crippen LogP contribution in [0.15, 0.2) is 42.5 Å². The summed E-state index contributed by atoms with van der Waals surface area (Å²) in [6.07, 6.45) is 4.04. The summed E-state index contributed by atoms with van der Waals surface area (Å²) < 4.78 is 5.80. The molecule has 1 aromatic rings. The van der Waals surface area contributed by atoms with Crippen LogP contribution < -0.4 is 0 Å². The van der Waals surface area contributed by atoms with Crippen molar-refractivity contribution >= 4 is 0 Å². The molecule has 2 nitrogen and oxygen atoms in total. The maximum Gasteiger partial charge on any atom is 0.0717 e. The van der Waals surface area contributed by atoms with Crippen LogP contribution in [-0.4, -0.2) is 18.3 Å². The molecule has 0 spiro atoms. The van der Waals surface area contributed by atoms with Gasteiger partial charge in [0.2, 0.25) is 0 Å². The average Bonchev–Trinajstić information content (AvgIpc) is 2.43. The average molecular weight is 246 g/mol. The zero-order chi connectivity index (χ0) is 12.8. The van der Waals surface area contributed by atoms with E-state index in [1.54, 1.807) is 0 Å². The van der Waals surface area contributed by atoms with E-state index < -0.39 is 0 Å². The highest BCUT2D eigenvalue weighted by Gasteiger charge is 2.32. The molecule has 0 heterocycles. The van der Waals surface area contributed by atoms with Gasteiger partial charge in [-0.25, -0.2) is 0 Å². The van der Waals surface area contributed by atoms with E-state index in [1.165, 1.54) is 11.1 Å². The molecule has 0 amide bonds. The van der Waals surface area contributed by atoms with E-state index in [0.717, 1.165) is 25.7 Å². The normalized spacial score (nSPS) is 18.8. The number of benzene rings is 1. The lowest BCUT2D eigenvalue weighted by molar-refractivity contribution is -0.0167. The van der Waals surface area contributed by atoms with E-state index >= 15 is 0 Å². The molecule has 1 N–H and O–H groups in total. The van der Waals surface area contributed by atoms with Gasteiger partial charge in [0.05, 0.1) is 19.8 Å². The summed E-state index contributed by atoms with van der Waals surface area (Å²) in [5.74, 6) is 0. The van der Waals surface area contributed by atoms with Crippen molar-refractivity contribution in [3.05, 3.63) is 48.0 Å². The molecule has 1 aromatic carbocycles. The van der Waals surface area contributed by atoms with E-state index in [9.17, 15) is 5.11 Å².